The van der Waals surface area contributed by atoms with Crippen molar-refractivity contribution in [2.24, 2.45) is 0 Å². The average molecular weight is 401 g/mol. The molecule has 0 saturated carbocycles. The molecule has 1 aromatic carbocycles. The van der Waals surface area contributed by atoms with Crippen molar-refractivity contribution in [1.29, 1.82) is 0 Å². The van der Waals surface area contributed by atoms with Crippen molar-refractivity contribution in [2.45, 2.75) is 19.4 Å². The molecule has 1 fully saturated rings. The highest BCUT2D eigenvalue weighted by atomic mass is 32.1. The van der Waals surface area contributed by atoms with Crippen molar-refractivity contribution in [1.82, 2.24) is 15.2 Å². The van der Waals surface area contributed by atoms with Crippen LogP contribution in [0.2, 0.25) is 0 Å². The molecule has 0 spiro atoms. The van der Waals surface area contributed by atoms with Crippen molar-refractivity contribution in [3.63, 3.8) is 0 Å². The number of aromatic nitrogens is 1. The molecule has 1 N–H and O–H groups in total. The summed E-state index contributed by atoms with van der Waals surface area (Å²) in [5, 5.41) is 6.24. The largest absolute Gasteiger partial charge is 0.354 e. The number of anilines is 1. The lowest BCUT2D eigenvalue weighted by molar-refractivity contribution is -0.125. The van der Waals surface area contributed by atoms with Crippen molar-refractivity contribution < 1.29 is 4.79 Å². The summed E-state index contributed by atoms with van der Waals surface area (Å²) in [4.78, 5) is 23.1. The first kappa shape index (κ1) is 18.4. The molecule has 1 saturated heterocycles. The van der Waals surface area contributed by atoms with E-state index in [-0.39, 0.29) is 11.9 Å². The quantitative estimate of drug-likeness (QED) is 0.690. The van der Waals surface area contributed by atoms with E-state index < -0.39 is 0 Å². The number of nitrogens with zero attached hydrogens (tertiary/aromatic N) is 3. The number of thiazole rings is 1. The van der Waals surface area contributed by atoms with E-state index >= 15 is 0 Å². The Morgan fingerprint density at radius 2 is 2.00 bits per heavy atom. The van der Waals surface area contributed by atoms with Crippen LogP contribution in [0.1, 0.15) is 11.8 Å². The molecule has 0 aliphatic carbocycles. The van der Waals surface area contributed by atoms with Gasteiger partial charge in [0.05, 0.1) is 16.3 Å². The van der Waals surface area contributed by atoms with Gasteiger partial charge in [-0.1, -0.05) is 29.5 Å². The predicted octanol–water partition coefficient (Wildman–Crippen LogP) is 3.23. The summed E-state index contributed by atoms with van der Waals surface area (Å²) in [7, 11) is 0. The molecule has 3 aromatic rings. The van der Waals surface area contributed by atoms with E-state index in [4.69, 9.17) is 4.98 Å². The molecule has 4 rings (SSSR count). The van der Waals surface area contributed by atoms with Crippen molar-refractivity contribution in [3.05, 3.63) is 46.7 Å². The Hall–Kier alpha value is -1.96. The van der Waals surface area contributed by atoms with Gasteiger partial charge in [0.1, 0.15) is 0 Å². The number of amides is 1. The minimum Gasteiger partial charge on any atom is -0.354 e. The highest BCUT2D eigenvalue weighted by Crippen LogP contribution is 2.29. The van der Waals surface area contributed by atoms with Crippen LogP contribution in [0.15, 0.2) is 41.8 Å². The third-order valence-electron chi connectivity index (χ3n) is 5.05. The lowest BCUT2D eigenvalue weighted by Crippen LogP contribution is -2.54. The number of para-hydroxylation sites is 1. The van der Waals surface area contributed by atoms with Crippen LogP contribution in [0.25, 0.3) is 10.2 Å². The van der Waals surface area contributed by atoms with E-state index in [1.54, 1.807) is 22.7 Å². The Bertz CT molecular complexity index is 851. The van der Waals surface area contributed by atoms with Crippen LogP contribution in [0.4, 0.5) is 5.13 Å². The molecule has 27 heavy (non-hydrogen) atoms. The fourth-order valence-corrected chi connectivity index (χ4v) is 5.10. The van der Waals surface area contributed by atoms with E-state index in [1.165, 1.54) is 9.58 Å². The predicted molar refractivity (Wildman–Crippen MR) is 114 cm³/mol. The van der Waals surface area contributed by atoms with Crippen LogP contribution in [0.3, 0.4) is 0 Å². The zero-order chi connectivity index (χ0) is 18.6. The Balaban J connectivity index is 1.27. The van der Waals surface area contributed by atoms with Gasteiger partial charge < -0.3 is 10.2 Å². The average Bonchev–Trinajstić information content (AvgIpc) is 3.37. The Kier molecular flexibility index (Phi) is 5.71. The Labute approximate surface area is 167 Å². The van der Waals surface area contributed by atoms with Gasteiger partial charge in [0, 0.05) is 37.6 Å². The molecule has 1 unspecified atom stereocenters. The zero-order valence-corrected chi connectivity index (χ0v) is 17.1. The van der Waals surface area contributed by atoms with Crippen LogP contribution in [-0.2, 0) is 11.2 Å². The lowest BCUT2D eigenvalue weighted by atomic mass is 10.2. The van der Waals surface area contributed by atoms with Crippen molar-refractivity contribution in [3.8, 4) is 0 Å². The summed E-state index contributed by atoms with van der Waals surface area (Å²) in [6.07, 6.45) is 0.904. The Morgan fingerprint density at radius 3 is 2.74 bits per heavy atom. The summed E-state index contributed by atoms with van der Waals surface area (Å²) in [6, 6.07) is 12.3. The molecule has 1 atom stereocenters. The number of carbonyl (C=O) groups excluding carboxylic acids is 1. The lowest BCUT2D eigenvalue weighted by Gasteiger charge is -2.37. The molecule has 7 heteroatoms. The van der Waals surface area contributed by atoms with Gasteiger partial charge in [0.25, 0.3) is 0 Å². The normalized spacial score (nSPS) is 16.6. The third-order valence-corrected chi connectivity index (χ3v) is 7.08. The fraction of sp³-hybridized carbons (Fsp3) is 0.400. The van der Waals surface area contributed by atoms with Gasteiger partial charge in [-0.05, 0) is 36.9 Å². The topological polar surface area (TPSA) is 48.5 Å². The van der Waals surface area contributed by atoms with Gasteiger partial charge in [0.2, 0.25) is 5.91 Å². The number of hydrogen-bond donors (Lipinski definition) is 1. The SMILES string of the molecule is CC(C(=O)NCCc1cccs1)N1CCN(c2nc3ccccc3s2)CC1. The number of nitrogens with one attached hydrogen (secondary N) is 1. The van der Waals surface area contributed by atoms with Crippen LogP contribution in [0, 0.1) is 0 Å². The standard InChI is InChI=1S/C20H24N4OS2/c1-15(19(25)21-9-8-16-5-4-14-26-16)23-10-12-24(13-11-23)20-22-17-6-2-3-7-18(17)27-20/h2-7,14-15H,8-13H2,1H3,(H,21,25). The maximum atomic E-state index is 12.5. The van der Waals surface area contributed by atoms with Crippen LogP contribution < -0.4 is 10.2 Å². The minimum atomic E-state index is -0.0918. The number of benzene rings is 1. The number of piperazine rings is 1. The molecule has 1 aliphatic rings. The third kappa shape index (κ3) is 4.31. The van der Waals surface area contributed by atoms with Crippen LogP contribution in [-0.4, -0.2) is 54.6 Å². The van der Waals surface area contributed by atoms with Gasteiger partial charge in [-0.15, -0.1) is 11.3 Å². The van der Waals surface area contributed by atoms with Gasteiger partial charge in [0.15, 0.2) is 5.13 Å². The summed E-state index contributed by atoms with van der Waals surface area (Å²) in [5.74, 6) is 0.125. The number of fused-ring (bicyclic) bond motifs is 1. The van der Waals surface area contributed by atoms with Gasteiger partial charge in [-0.2, -0.15) is 0 Å². The molecule has 142 valence electrons. The monoisotopic (exact) mass is 400 g/mol. The minimum absolute atomic E-state index is 0.0918. The summed E-state index contributed by atoms with van der Waals surface area (Å²) >= 11 is 3.49. The van der Waals surface area contributed by atoms with E-state index in [0.717, 1.165) is 43.2 Å². The number of carbonyl (C=O) groups is 1. The zero-order valence-electron chi connectivity index (χ0n) is 15.4. The van der Waals surface area contributed by atoms with E-state index in [0.29, 0.717) is 6.54 Å². The molecule has 1 aliphatic heterocycles. The highest BCUT2D eigenvalue weighted by molar-refractivity contribution is 7.22. The molecule has 0 bridgehead atoms. The molecule has 0 radical (unpaired) electrons. The second-order valence-electron chi connectivity index (χ2n) is 6.78. The molecule has 3 heterocycles. The first-order valence-electron chi connectivity index (χ1n) is 9.35. The molecule has 1 amide bonds. The van der Waals surface area contributed by atoms with Gasteiger partial charge in [-0.25, -0.2) is 4.98 Å². The van der Waals surface area contributed by atoms with Crippen LogP contribution in [0.5, 0.6) is 0 Å². The van der Waals surface area contributed by atoms with E-state index in [1.807, 2.05) is 13.0 Å². The molecule has 5 nitrogen and oxygen atoms in total. The Morgan fingerprint density at radius 1 is 1.19 bits per heavy atom. The van der Waals surface area contributed by atoms with Gasteiger partial charge in [-0.3, -0.25) is 9.69 Å². The fourth-order valence-electron chi connectivity index (χ4n) is 3.37. The first-order valence-corrected chi connectivity index (χ1v) is 11.0. The molecular formula is C20H24N4OS2. The first-order chi connectivity index (χ1) is 13.2. The maximum absolute atomic E-state index is 12.5. The van der Waals surface area contributed by atoms with Crippen molar-refractivity contribution in [2.75, 3.05) is 37.6 Å². The van der Waals surface area contributed by atoms with E-state index in [2.05, 4.69) is 50.8 Å². The van der Waals surface area contributed by atoms with E-state index in [9.17, 15) is 4.79 Å². The number of rotatable bonds is 6. The molecular weight excluding hydrogens is 376 g/mol. The highest BCUT2D eigenvalue weighted by Gasteiger charge is 2.26. The number of hydrogen-bond acceptors (Lipinski definition) is 6. The van der Waals surface area contributed by atoms with Gasteiger partial charge >= 0.3 is 0 Å². The summed E-state index contributed by atoms with van der Waals surface area (Å²) in [5.41, 5.74) is 1.07. The maximum Gasteiger partial charge on any atom is 0.237 e. The summed E-state index contributed by atoms with van der Waals surface area (Å²) in [6.45, 7) is 6.30. The second kappa shape index (κ2) is 8.37. The summed E-state index contributed by atoms with van der Waals surface area (Å²) < 4.78 is 1.23. The van der Waals surface area contributed by atoms with Crippen LogP contribution >= 0.6 is 22.7 Å². The second-order valence-corrected chi connectivity index (χ2v) is 8.82. The smallest absolute Gasteiger partial charge is 0.237 e. The van der Waals surface area contributed by atoms with Crippen molar-refractivity contribution >= 4 is 43.9 Å². The molecule has 2 aromatic heterocycles. The number of thiophene rings is 1.